The number of benzene rings is 1. The Kier molecular flexibility index (Phi) is 4.86. The van der Waals surface area contributed by atoms with Crippen molar-refractivity contribution in [3.8, 4) is 11.4 Å². The summed E-state index contributed by atoms with van der Waals surface area (Å²) in [6, 6.07) is 11.7. The molecular formula is C22H24N4O2. The molecule has 144 valence electrons. The van der Waals surface area contributed by atoms with Crippen LogP contribution in [0, 0.1) is 20.8 Å². The standard InChI is InChI=1S/C22H24N4O2/c1-15-6-8-18(9-7-15)20-23-17(3)16(2)21(24-20)25-10-12-26(13-11-25)22(27)19-5-4-14-28-19/h4-9,14H,10-13H2,1-3H3. The molecule has 0 spiro atoms. The normalized spacial score (nSPS) is 14.4. The topological polar surface area (TPSA) is 62.5 Å². The second-order valence-corrected chi connectivity index (χ2v) is 7.20. The number of piperazine rings is 1. The van der Waals surface area contributed by atoms with E-state index in [9.17, 15) is 4.79 Å². The summed E-state index contributed by atoms with van der Waals surface area (Å²) in [5.41, 5.74) is 4.29. The highest BCUT2D eigenvalue weighted by molar-refractivity contribution is 5.91. The van der Waals surface area contributed by atoms with Crippen LogP contribution in [0.25, 0.3) is 11.4 Å². The molecule has 28 heavy (non-hydrogen) atoms. The number of nitrogens with zero attached hydrogens (tertiary/aromatic N) is 4. The number of rotatable bonds is 3. The predicted octanol–water partition coefficient (Wildman–Crippen LogP) is 3.62. The van der Waals surface area contributed by atoms with Crippen molar-refractivity contribution in [1.29, 1.82) is 0 Å². The summed E-state index contributed by atoms with van der Waals surface area (Å²) in [5.74, 6) is 2.03. The number of anilines is 1. The minimum Gasteiger partial charge on any atom is -0.459 e. The van der Waals surface area contributed by atoms with Gasteiger partial charge in [0.2, 0.25) is 0 Å². The van der Waals surface area contributed by atoms with Crippen molar-refractivity contribution in [1.82, 2.24) is 14.9 Å². The van der Waals surface area contributed by atoms with Crippen LogP contribution in [0.3, 0.4) is 0 Å². The van der Waals surface area contributed by atoms with Crippen molar-refractivity contribution in [2.24, 2.45) is 0 Å². The Balaban J connectivity index is 1.55. The Labute approximate surface area is 164 Å². The highest BCUT2D eigenvalue weighted by Gasteiger charge is 2.25. The van der Waals surface area contributed by atoms with Crippen molar-refractivity contribution < 1.29 is 9.21 Å². The molecule has 6 heteroatoms. The van der Waals surface area contributed by atoms with E-state index in [4.69, 9.17) is 14.4 Å². The van der Waals surface area contributed by atoms with Gasteiger partial charge in [-0.25, -0.2) is 9.97 Å². The number of carbonyl (C=O) groups is 1. The third kappa shape index (κ3) is 3.50. The van der Waals surface area contributed by atoms with E-state index in [0.717, 1.165) is 41.6 Å². The van der Waals surface area contributed by atoms with Gasteiger partial charge in [-0.15, -0.1) is 0 Å². The maximum atomic E-state index is 12.5. The van der Waals surface area contributed by atoms with E-state index in [-0.39, 0.29) is 5.91 Å². The summed E-state index contributed by atoms with van der Waals surface area (Å²) in [6.45, 7) is 8.90. The Morgan fingerprint density at radius 1 is 0.964 bits per heavy atom. The lowest BCUT2D eigenvalue weighted by molar-refractivity contribution is 0.0714. The van der Waals surface area contributed by atoms with Crippen LogP contribution in [-0.4, -0.2) is 47.0 Å². The van der Waals surface area contributed by atoms with Gasteiger partial charge in [0.25, 0.3) is 5.91 Å². The summed E-state index contributed by atoms with van der Waals surface area (Å²) in [6.07, 6.45) is 1.53. The lowest BCUT2D eigenvalue weighted by Gasteiger charge is -2.36. The SMILES string of the molecule is Cc1ccc(-c2nc(C)c(C)c(N3CCN(C(=O)c4ccco4)CC3)n2)cc1. The number of amides is 1. The zero-order valence-electron chi connectivity index (χ0n) is 16.5. The molecule has 0 saturated carbocycles. The minimum absolute atomic E-state index is 0.0550. The molecule has 0 atom stereocenters. The van der Waals surface area contributed by atoms with E-state index < -0.39 is 0 Å². The fourth-order valence-electron chi connectivity index (χ4n) is 3.43. The highest BCUT2D eigenvalue weighted by Crippen LogP contribution is 2.26. The molecule has 1 amide bonds. The molecule has 1 aliphatic heterocycles. The van der Waals surface area contributed by atoms with E-state index in [2.05, 4.69) is 43.0 Å². The fourth-order valence-corrected chi connectivity index (χ4v) is 3.43. The van der Waals surface area contributed by atoms with Crippen molar-refractivity contribution in [3.05, 3.63) is 65.2 Å². The number of aromatic nitrogens is 2. The first-order valence-corrected chi connectivity index (χ1v) is 9.53. The molecule has 0 N–H and O–H groups in total. The van der Waals surface area contributed by atoms with Gasteiger partial charge in [-0.3, -0.25) is 4.79 Å². The van der Waals surface area contributed by atoms with Gasteiger partial charge in [0.1, 0.15) is 5.82 Å². The van der Waals surface area contributed by atoms with E-state index in [1.54, 1.807) is 12.1 Å². The van der Waals surface area contributed by atoms with Crippen LogP contribution in [0.15, 0.2) is 47.1 Å². The zero-order valence-corrected chi connectivity index (χ0v) is 16.5. The van der Waals surface area contributed by atoms with Crippen LogP contribution >= 0.6 is 0 Å². The number of furan rings is 1. The summed E-state index contributed by atoms with van der Waals surface area (Å²) in [4.78, 5) is 26.1. The maximum absolute atomic E-state index is 12.5. The molecular weight excluding hydrogens is 352 g/mol. The largest absolute Gasteiger partial charge is 0.459 e. The van der Waals surface area contributed by atoms with Crippen LogP contribution in [0.5, 0.6) is 0 Å². The van der Waals surface area contributed by atoms with Gasteiger partial charge in [-0.1, -0.05) is 29.8 Å². The summed E-state index contributed by atoms with van der Waals surface area (Å²) >= 11 is 0. The van der Waals surface area contributed by atoms with Crippen molar-refractivity contribution in [3.63, 3.8) is 0 Å². The fraction of sp³-hybridized carbons (Fsp3) is 0.318. The van der Waals surface area contributed by atoms with Crippen LogP contribution in [-0.2, 0) is 0 Å². The number of carbonyl (C=O) groups excluding carboxylic acids is 1. The number of hydrogen-bond donors (Lipinski definition) is 0. The highest BCUT2D eigenvalue weighted by atomic mass is 16.3. The molecule has 2 aromatic heterocycles. The monoisotopic (exact) mass is 376 g/mol. The van der Waals surface area contributed by atoms with Crippen LogP contribution in [0.2, 0.25) is 0 Å². The zero-order chi connectivity index (χ0) is 19.7. The van der Waals surface area contributed by atoms with Gasteiger partial charge < -0.3 is 14.2 Å². The quantitative estimate of drug-likeness (QED) is 0.699. The van der Waals surface area contributed by atoms with Gasteiger partial charge in [-0.05, 0) is 32.9 Å². The summed E-state index contributed by atoms with van der Waals surface area (Å²) in [7, 11) is 0. The summed E-state index contributed by atoms with van der Waals surface area (Å²) in [5, 5.41) is 0. The third-order valence-electron chi connectivity index (χ3n) is 5.27. The second-order valence-electron chi connectivity index (χ2n) is 7.20. The van der Waals surface area contributed by atoms with Gasteiger partial charge in [0.05, 0.1) is 6.26 Å². The molecule has 1 fully saturated rings. The van der Waals surface area contributed by atoms with Crippen molar-refractivity contribution >= 4 is 11.7 Å². The smallest absolute Gasteiger partial charge is 0.289 e. The molecule has 0 bridgehead atoms. The average Bonchev–Trinajstić information content (AvgIpc) is 3.25. The van der Waals surface area contributed by atoms with Gasteiger partial charge in [0.15, 0.2) is 11.6 Å². The number of hydrogen-bond acceptors (Lipinski definition) is 5. The first-order valence-electron chi connectivity index (χ1n) is 9.53. The Morgan fingerprint density at radius 3 is 2.32 bits per heavy atom. The van der Waals surface area contributed by atoms with Crippen LogP contribution < -0.4 is 4.90 Å². The molecule has 4 rings (SSSR count). The summed E-state index contributed by atoms with van der Waals surface area (Å²) < 4.78 is 5.24. The Hall–Kier alpha value is -3.15. The maximum Gasteiger partial charge on any atom is 0.289 e. The third-order valence-corrected chi connectivity index (χ3v) is 5.27. The molecule has 3 heterocycles. The Bertz CT molecular complexity index is 973. The molecule has 1 saturated heterocycles. The van der Waals surface area contributed by atoms with Gasteiger partial charge in [0, 0.05) is 43.0 Å². The second kappa shape index (κ2) is 7.46. The van der Waals surface area contributed by atoms with Crippen molar-refractivity contribution in [2.45, 2.75) is 20.8 Å². The van der Waals surface area contributed by atoms with E-state index in [1.165, 1.54) is 11.8 Å². The number of aryl methyl sites for hydroxylation is 2. The van der Waals surface area contributed by atoms with Gasteiger partial charge >= 0.3 is 0 Å². The predicted molar refractivity (Wildman–Crippen MR) is 109 cm³/mol. The molecule has 6 nitrogen and oxygen atoms in total. The molecule has 0 unspecified atom stereocenters. The lowest BCUT2D eigenvalue weighted by Crippen LogP contribution is -2.49. The average molecular weight is 376 g/mol. The molecule has 0 radical (unpaired) electrons. The van der Waals surface area contributed by atoms with Crippen molar-refractivity contribution in [2.75, 3.05) is 31.1 Å². The van der Waals surface area contributed by atoms with E-state index in [1.807, 2.05) is 11.8 Å². The lowest BCUT2D eigenvalue weighted by atomic mass is 10.1. The van der Waals surface area contributed by atoms with E-state index in [0.29, 0.717) is 18.8 Å². The van der Waals surface area contributed by atoms with Crippen LogP contribution in [0.1, 0.15) is 27.4 Å². The van der Waals surface area contributed by atoms with Gasteiger partial charge in [-0.2, -0.15) is 0 Å². The Morgan fingerprint density at radius 2 is 1.68 bits per heavy atom. The molecule has 0 aliphatic carbocycles. The molecule has 1 aliphatic rings. The van der Waals surface area contributed by atoms with Crippen LogP contribution in [0.4, 0.5) is 5.82 Å². The minimum atomic E-state index is -0.0550. The first kappa shape index (κ1) is 18.2. The van der Waals surface area contributed by atoms with E-state index >= 15 is 0 Å². The first-order chi connectivity index (χ1) is 13.5. The molecule has 1 aromatic carbocycles. The molecule has 3 aromatic rings.